The molecule has 0 atom stereocenters. The van der Waals surface area contributed by atoms with Crippen LogP contribution in [0.4, 0.5) is 5.13 Å². The summed E-state index contributed by atoms with van der Waals surface area (Å²) in [4.78, 5) is 4.90. The number of aromatic nitrogens is 1. The van der Waals surface area contributed by atoms with Crippen LogP contribution in [0.2, 0.25) is 0 Å². The maximum Gasteiger partial charge on any atom is 0.184 e. The highest BCUT2D eigenvalue weighted by Crippen LogP contribution is 2.56. The second-order valence-electron chi connectivity index (χ2n) is 7.76. The van der Waals surface area contributed by atoms with E-state index in [1.54, 1.807) is 0 Å². The minimum Gasteiger partial charge on any atom is -0.356 e. The minimum absolute atomic E-state index is 0.372. The Morgan fingerprint density at radius 1 is 1.10 bits per heavy atom. The number of aryl methyl sites for hydroxylation is 1. The quantitative estimate of drug-likeness (QED) is 0.845. The molecular weight excluding hydrogens is 276 g/mol. The zero-order valence-electron chi connectivity index (χ0n) is 12.6. The van der Waals surface area contributed by atoms with Crippen LogP contribution in [0, 0.1) is 24.7 Å². The number of para-hydroxylation sites is 1. The zero-order chi connectivity index (χ0) is 14.0. The number of hydrogen-bond acceptors (Lipinski definition) is 3. The van der Waals surface area contributed by atoms with Gasteiger partial charge in [0, 0.05) is 5.54 Å². The highest BCUT2D eigenvalue weighted by atomic mass is 32.1. The van der Waals surface area contributed by atoms with Gasteiger partial charge in [-0.25, -0.2) is 4.98 Å². The van der Waals surface area contributed by atoms with E-state index in [2.05, 4.69) is 30.4 Å². The lowest BCUT2D eigenvalue weighted by molar-refractivity contribution is 0.0107. The molecule has 1 heterocycles. The molecule has 3 heteroatoms. The number of hydrogen-bond donors (Lipinski definition) is 1. The van der Waals surface area contributed by atoms with Gasteiger partial charge >= 0.3 is 0 Å². The third kappa shape index (κ3) is 1.93. The molecule has 1 N–H and O–H groups in total. The average Bonchev–Trinajstić information content (AvgIpc) is 2.80. The minimum atomic E-state index is 0.372. The molecule has 4 bridgehead atoms. The maximum atomic E-state index is 4.90. The second-order valence-corrected chi connectivity index (χ2v) is 8.79. The Labute approximate surface area is 130 Å². The predicted molar refractivity (Wildman–Crippen MR) is 88.9 cm³/mol. The monoisotopic (exact) mass is 298 g/mol. The summed E-state index contributed by atoms with van der Waals surface area (Å²) in [5.41, 5.74) is 2.85. The van der Waals surface area contributed by atoms with Crippen molar-refractivity contribution in [1.29, 1.82) is 0 Å². The van der Waals surface area contributed by atoms with Gasteiger partial charge < -0.3 is 5.32 Å². The smallest absolute Gasteiger partial charge is 0.184 e. The third-order valence-electron chi connectivity index (χ3n) is 6.03. The van der Waals surface area contributed by atoms with Gasteiger partial charge in [0.25, 0.3) is 0 Å². The Morgan fingerprint density at radius 3 is 2.38 bits per heavy atom. The molecule has 0 radical (unpaired) electrons. The third-order valence-corrected chi connectivity index (χ3v) is 6.97. The van der Waals surface area contributed by atoms with Crippen LogP contribution < -0.4 is 5.32 Å². The van der Waals surface area contributed by atoms with E-state index in [9.17, 15) is 0 Å². The Morgan fingerprint density at radius 2 is 1.76 bits per heavy atom. The fourth-order valence-electron chi connectivity index (χ4n) is 5.63. The molecule has 0 aliphatic heterocycles. The molecule has 21 heavy (non-hydrogen) atoms. The van der Waals surface area contributed by atoms with Crippen molar-refractivity contribution in [2.75, 3.05) is 5.32 Å². The number of benzene rings is 1. The first kappa shape index (κ1) is 12.5. The van der Waals surface area contributed by atoms with E-state index in [0.29, 0.717) is 5.54 Å². The van der Waals surface area contributed by atoms with Crippen molar-refractivity contribution in [2.45, 2.75) is 51.0 Å². The van der Waals surface area contributed by atoms with Crippen molar-refractivity contribution in [3.05, 3.63) is 23.8 Å². The number of nitrogens with one attached hydrogen (secondary N) is 1. The van der Waals surface area contributed by atoms with Crippen LogP contribution in [0.3, 0.4) is 0 Å². The SMILES string of the molecule is Cc1cccc2sc(NC34CC5CC(CC(C5)C3)C4)nc12. The summed E-state index contributed by atoms with van der Waals surface area (Å²) in [7, 11) is 0. The lowest BCUT2D eigenvalue weighted by atomic mass is 9.53. The molecule has 0 unspecified atom stereocenters. The van der Waals surface area contributed by atoms with Gasteiger partial charge in [-0.1, -0.05) is 23.5 Å². The van der Waals surface area contributed by atoms with Crippen LogP contribution in [0.5, 0.6) is 0 Å². The molecule has 1 aromatic carbocycles. The van der Waals surface area contributed by atoms with E-state index in [1.165, 1.54) is 54.3 Å². The van der Waals surface area contributed by atoms with Crippen LogP contribution in [0.1, 0.15) is 44.1 Å². The van der Waals surface area contributed by atoms with Gasteiger partial charge in [-0.15, -0.1) is 0 Å². The Hall–Kier alpha value is -1.09. The normalized spacial score (nSPS) is 37.3. The highest BCUT2D eigenvalue weighted by Gasteiger charge is 2.51. The van der Waals surface area contributed by atoms with Crippen LogP contribution in [0.25, 0.3) is 10.2 Å². The number of rotatable bonds is 2. The highest BCUT2D eigenvalue weighted by molar-refractivity contribution is 7.22. The van der Waals surface area contributed by atoms with Gasteiger partial charge in [0.15, 0.2) is 5.13 Å². The largest absolute Gasteiger partial charge is 0.356 e. The standard InChI is InChI=1S/C18H22N2S/c1-11-3-2-4-15-16(11)19-17(21-15)20-18-8-12-5-13(9-18)7-14(6-12)10-18/h2-4,12-14H,5-10H2,1H3,(H,19,20). The average molecular weight is 298 g/mol. The van der Waals surface area contributed by atoms with E-state index in [-0.39, 0.29) is 0 Å². The van der Waals surface area contributed by atoms with Gasteiger partial charge in [0.2, 0.25) is 0 Å². The molecule has 4 aliphatic carbocycles. The molecule has 110 valence electrons. The Balaban J connectivity index is 1.49. The second kappa shape index (κ2) is 4.22. The molecular formula is C18H22N2S. The summed E-state index contributed by atoms with van der Waals surface area (Å²) < 4.78 is 1.32. The fraction of sp³-hybridized carbons (Fsp3) is 0.611. The lowest BCUT2D eigenvalue weighted by Crippen LogP contribution is -2.54. The number of thiazole rings is 1. The first-order valence-electron chi connectivity index (χ1n) is 8.33. The molecule has 2 nitrogen and oxygen atoms in total. The summed E-state index contributed by atoms with van der Waals surface area (Å²) in [6, 6.07) is 6.51. The van der Waals surface area contributed by atoms with Gasteiger partial charge in [-0.05, 0) is 74.8 Å². The van der Waals surface area contributed by atoms with Crippen LogP contribution >= 0.6 is 11.3 Å². The summed E-state index contributed by atoms with van der Waals surface area (Å²) in [5.74, 6) is 2.96. The van der Waals surface area contributed by atoms with E-state index in [4.69, 9.17) is 4.98 Å². The summed E-state index contributed by atoms with van der Waals surface area (Å²) in [6.07, 6.45) is 8.65. The van der Waals surface area contributed by atoms with Crippen LogP contribution in [-0.4, -0.2) is 10.5 Å². The topological polar surface area (TPSA) is 24.9 Å². The van der Waals surface area contributed by atoms with Crippen molar-refractivity contribution in [2.24, 2.45) is 17.8 Å². The summed E-state index contributed by atoms with van der Waals surface area (Å²) >= 11 is 1.84. The van der Waals surface area contributed by atoms with Crippen molar-refractivity contribution in [3.63, 3.8) is 0 Å². The molecule has 4 aliphatic rings. The lowest BCUT2D eigenvalue weighted by Gasteiger charge is -2.56. The fourth-order valence-corrected chi connectivity index (χ4v) is 6.69. The molecule has 4 saturated carbocycles. The Kier molecular flexibility index (Phi) is 2.50. The van der Waals surface area contributed by atoms with Crippen molar-refractivity contribution >= 4 is 26.7 Å². The molecule has 1 aromatic heterocycles. The van der Waals surface area contributed by atoms with E-state index >= 15 is 0 Å². The van der Waals surface area contributed by atoms with Crippen LogP contribution in [0.15, 0.2) is 18.2 Å². The number of nitrogens with zero attached hydrogens (tertiary/aromatic N) is 1. The maximum absolute atomic E-state index is 4.90. The van der Waals surface area contributed by atoms with Gasteiger partial charge in [-0.3, -0.25) is 0 Å². The first-order chi connectivity index (χ1) is 10.2. The molecule has 6 rings (SSSR count). The van der Waals surface area contributed by atoms with Crippen molar-refractivity contribution in [1.82, 2.24) is 4.98 Å². The van der Waals surface area contributed by atoms with Gasteiger partial charge in [0.1, 0.15) is 0 Å². The van der Waals surface area contributed by atoms with E-state index < -0.39 is 0 Å². The Bertz CT molecular complexity index is 667. The van der Waals surface area contributed by atoms with E-state index in [1.807, 2.05) is 11.3 Å². The molecule has 4 fully saturated rings. The van der Waals surface area contributed by atoms with Crippen molar-refractivity contribution < 1.29 is 0 Å². The zero-order valence-corrected chi connectivity index (χ0v) is 13.4. The summed E-state index contributed by atoms with van der Waals surface area (Å²) in [6.45, 7) is 2.16. The van der Waals surface area contributed by atoms with E-state index in [0.717, 1.165) is 22.9 Å². The number of fused-ring (bicyclic) bond motifs is 1. The first-order valence-corrected chi connectivity index (χ1v) is 9.15. The molecule has 2 aromatic rings. The summed E-state index contributed by atoms with van der Waals surface area (Å²) in [5, 5.41) is 5.06. The van der Waals surface area contributed by atoms with Gasteiger partial charge in [0.05, 0.1) is 10.2 Å². The predicted octanol–water partition coefficient (Wildman–Crippen LogP) is 4.99. The van der Waals surface area contributed by atoms with Crippen LogP contribution in [-0.2, 0) is 0 Å². The molecule has 0 spiro atoms. The molecule has 0 amide bonds. The van der Waals surface area contributed by atoms with Gasteiger partial charge in [-0.2, -0.15) is 0 Å². The van der Waals surface area contributed by atoms with Crippen molar-refractivity contribution in [3.8, 4) is 0 Å². The molecule has 0 saturated heterocycles. The number of anilines is 1.